The minimum absolute atomic E-state index is 0.233. The molecule has 0 radical (unpaired) electrons. The molecule has 0 aliphatic rings. The maximum absolute atomic E-state index is 13.3. The molecule has 0 fully saturated rings. The van der Waals surface area contributed by atoms with Crippen molar-refractivity contribution in [2.24, 2.45) is 0 Å². The second-order valence-electron chi connectivity index (χ2n) is 4.82. The average molecular weight is 341 g/mol. The Morgan fingerprint density at radius 1 is 1.10 bits per heavy atom. The summed E-state index contributed by atoms with van der Waals surface area (Å²) in [5.74, 6) is -1.77. The molecular weight excluding hydrogens is 326 g/mol. The van der Waals surface area contributed by atoms with Crippen molar-refractivity contribution in [3.05, 3.63) is 69.7 Å². The zero-order valence-corrected chi connectivity index (χ0v) is 12.6. The Morgan fingerprint density at radius 2 is 1.85 bits per heavy atom. The third-order valence-corrected chi connectivity index (χ3v) is 3.92. The van der Waals surface area contributed by atoms with Crippen LogP contribution in [-0.4, -0.2) is 5.11 Å². The van der Waals surface area contributed by atoms with Crippen LogP contribution < -0.4 is 0 Å². The summed E-state index contributed by atoms with van der Waals surface area (Å²) >= 11 is 3.37. The first-order valence-corrected chi connectivity index (χ1v) is 7.16. The molecule has 1 nitrogen and oxygen atoms in total. The van der Waals surface area contributed by atoms with Gasteiger partial charge in [-0.2, -0.15) is 0 Å². The first kappa shape index (κ1) is 15.1. The van der Waals surface area contributed by atoms with Gasteiger partial charge in [0.25, 0.3) is 0 Å². The predicted octanol–water partition coefficient (Wildman–Crippen LogP) is 4.57. The molecule has 0 bridgehead atoms. The lowest BCUT2D eigenvalue weighted by Gasteiger charge is -2.28. The van der Waals surface area contributed by atoms with Crippen LogP contribution in [-0.2, 0) is 12.0 Å². The van der Waals surface area contributed by atoms with E-state index in [1.807, 2.05) is 31.2 Å². The molecule has 2 aromatic carbocycles. The number of aliphatic hydroxyl groups is 1. The molecule has 0 spiro atoms. The summed E-state index contributed by atoms with van der Waals surface area (Å²) in [6.07, 6.45) is 0.708. The lowest BCUT2D eigenvalue weighted by molar-refractivity contribution is 0.0326. The number of hydrogen-bond acceptors (Lipinski definition) is 1. The van der Waals surface area contributed by atoms with E-state index in [0.717, 1.165) is 22.2 Å². The summed E-state index contributed by atoms with van der Waals surface area (Å²) in [6, 6.07) is 11.1. The summed E-state index contributed by atoms with van der Waals surface area (Å²) in [4.78, 5) is 0. The van der Waals surface area contributed by atoms with Gasteiger partial charge in [-0.3, -0.25) is 0 Å². The maximum atomic E-state index is 13.3. The lowest BCUT2D eigenvalue weighted by Crippen LogP contribution is -2.27. The summed E-state index contributed by atoms with van der Waals surface area (Å²) in [7, 11) is 0. The standard InChI is InChI=1S/C16H15BrF2O/c1-2-16(20,12-4-3-5-13(17)9-12)10-11-6-7-14(18)15(19)8-11/h3-9,20H,2,10H2,1H3. The fourth-order valence-electron chi connectivity index (χ4n) is 2.20. The zero-order chi connectivity index (χ0) is 14.8. The summed E-state index contributed by atoms with van der Waals surface area (Å²) in [5.41, 5.74) is 0.209. The number of hydrogen-bond donors (Lipinski definition) is 1. The monoisotopic (exact) mass is 340 g/mol. The van der Waals surface area contributed by atoms with E-state index in [-0.39, 0.29) is 6.42 Å². The van der Waals surface area contributed by atoms with Crippen LogP contribution >= 0.6 is 15.9 Å². The van der Waals surface area contributed by atoms with Gasteiger partial charge in [-0.15, -0.1) is 0 Å². The van der Waals surface area contributed by atoms with Gasteiger partial charge in [0.05, 0.1) is 5.60 Å². The van der Waals surface area contributed by atoms with Gasteiger partial charge < -0.3 is 5.11 Å². The molecule has 2 aromatic rings. The van der Waals surface area contributed by atoms with E-state index >= 15 is 0 Å². The van der Waals surface area contributed by atoms with Crippen LogP contribution in [0.4, 0.5) is 8.78 Å². The largest absolute Gasteiger partial charge is 0.385 e. The Kier molecular flexibility index (Phi) is 4.55. The molecule has 0 aliphatic carbocycles. The molecule has 0 aliphatic heterocycles. The van der Waals surface area contributed by atoms with Crippen molar-refractivity contribution in [2.75, 3.05) is 0 Å². The molecule has 0 saturated carbocycles. The van der Waals surface area contributed by atoms with E-state index in [2.05, 4.69) is 15.9 Å². The summed E-state index contributed by atoms with van der Waals surface area (Å²) in [6.45, 7) is 1.86. The van der Waals surface area contributed by atoms with E-state index in [9.17, 15) is 13.9 Å². The second kappa shape index (κ2) is 6.02. The smallest absolute Gasteiger partial charge is 0.159 e. The molecule has 1 unspecified atom stereocenters. The predicted molar refractivity (Wildman–Crippen MR) is 78.4 cm³/mol. The van der Waals surface area contributed by atoms with Crippen molar-refractivity contribution >= 4 is 15.9 Å². The fourth-order valence-corrected chi connectivity index (χ4v) is 2.60. The molecule has 4 heteroatoms. The Labute approximate surface area is 125 Å². The number of rotatable bonds is 4. The molecule has 1 atom stereocenters. The van der Waals surface area contributed by atoms with Gasteiger partial charge in [-0.05, 0) is 41.8 Å². The van der Waals surface area contributed by atoms with Crippen LogP contribution in [0.5, 0.6) is 0 Å². The van der Waals surface area contributed by atoms with E-state index < -0.39 is 17.2 Å². The second-order valence-corrected chi connectivity index (χ2v) is 5.74. The van der Waals surface area contributed by atoms with Crippen LogP contribution in [0.25, 0.3) is 0 Å². The summed E-state index contributed by atoms with van der Waals surface area (Å²) in [5, 5.41) is 10.8. The zero-order valence-electron chi connectivity index (χ0n) is 11.0. The first-order chi connectivity index (χ1) is 9.44. The van der Waals surface area contributed by atoms with E-state index in [1.165, 1.54) is 6.07 Å². The molecular formula is C16H15BrF2O. The average Bonchev–Trinajstić information content (AvgIpc) is 2.43. The Bertz CT molecular complexity index is 615. The van der Waals surface area contributed by atoms with Gasteiger partial charge in [0.1, 0.15) is 0 Å². The first-order valence-electron chi connectivity index (χ1n) is 6.37. The Morgan fingerprint density at radius 3 is 2.45 bits per heavy atom. The van der Waals surface area contributed by atoms with Crippen LogP contribution in [0.3, 0.4) is 0 Å². The van der Waals surface area contributed by atoms with Gasteiger partial charge in [-0.1, -0.05) is 41.1 Å². The number of benzene rings is 2. The van der Waals surface area contributed by atoms with Crippen LogP contribution in [0, 0.1) is 11.6 Å². The molecule has 0 heterocycles. The SMILES string of the molecule is CCC(O)(Cc1ccc(F)c(F)c1)c1cccc(Br)c1. The minimum Gasteiger partial charge on any atom is -0.385 e. The third-order valence-electron chi connectivity index (χ3n) is 3.43. The lowest BCUT2D eigenvalue weighted by atomic mass is 9.85. The molecule has 106 valence electrons. The third kappa shape index (κ3) is 3.25. The molecule has 0 amide bonds. The van der Waals surface area contributed by atoms with Crippen molar-refractivity contribution in [3.63, 3.8) is 0 Å². The van der Waals surface area contributed by atoms with Crippen LogP contribution in [0.1, 0.15) is 24.5 Å². The van der Waals surface area contributed by atoms with Crippen molar-refractivity contribution in [3.8, 4) is 0 Å². The quantitative estimate of drug-likeness (QED) is 0.864. The highest BCUT2D eigenvalue weighted by Crippen LogP contribution is 2.31. The normalized spacial score (nSPS) is 14.1. The van der Waals surface area contributed by atoms with Crippen molar-refractivity contribution < 1.29 is 13.9 Å². The fraction of sp³-hybridized carbons (Fsp3) is 0.250. The molecule has 0 saturated heterocycles. The maximum Gasteiger partial charge on any atom is 0.159 e. The highest BCUT2D eigenvalue weighted by molar-refractivity contribution is 9.10. The highest BCUT2D eigenvalue weighted by atomic mass is 79.9. The van der Waals surface area contributed by atoms with Gasteiger partial charge in [0.15, 0.2) is 11.6 Å². The molecule has 1 N–H and O–H groups in total. The van der Waals surface area contributed by atoms with E-state index in [4.69, 9.17) is 0 Å². The van der Waals surface area contributed by atoms with Crippen molar-refractivity contribution in [2.45, 2.75) is 25.4 Å². The van der Waals surface area contributed by atoms with Gasteiger partial charge in [-0.25, -0.2) is 8.78 Å². The molecule has 0 aromatic heterocycles. The van der Waals surface area contributed by atoms with E-state index in [1.54, 1.807) is 0 Å². The Balaban J connectivity index is 2.33. The van der Waals surface area contributed by atoms with Crippen LogP contribution in [0.15, 0.2) is 46.9 Å². The number of halogens is 3. The highest BCUT2D eigenvalue weighted by Gasteiger charge is 2.28. The van der Waals surface area contributed by atoms with E-state index in [0.29, 0.717) is 12.0 Å². The van der Waals surface area contributed by atoms with Gasteiger partial charge in [0, 0.05) is 10.9 Å². The molecule has 2 rings (SSSR count). The topological polar surface area (TPSA) is 20.2 Å². The van der Waals surface area contributed by atoms with Crippen molar-refractivity contribution in [1.29, 1.82) is 0 Å². The minimum atomic E-state index is -1.10. The van der Waals surface area contributed by atoms with Crippen molar-refractivity contribution in [1.82, 2.24) is 0 Å². The molecule has 20 heavy (non-hydrogen) atoms. The Hall–Kier alpha value is -1.26. The summed E-state index contributed by atoms with van der Waals surface area (Å²) < 4.78 is 27.1. The van der Waals surface area contributed by atoms with Gasteiger partial charge in [0.2, 0.25) is 0 Å². The van der Waals surface area contributed by atoms with Gasteiger partial charge >= 0.3 is 0 Å². The van der Waals surface area contributed by atoms with Crippen LogP contribution in [0.2, 0.25) is 0 Å².